The van der Waals surface area contributed by atoms with Crippen molar-refractivity contribution in [2.24, 2.45) is 0 Å². The van der Waals surface area contributed by atoms with Gasteiger partial charge in [-0.05, 0) is 49.7 Å². The number of nitrogens with one attached hydrogen (secondary N) is 1. The summed E-state index contributed by atoms with van der Waals surface area (Å²) in [6.45, 7) is 4.16. The van der Waals surface area contributed by atoms with Crippen LogP contribution in [0.2, 0.25) is 0 Å². The fourth-order valence-corrected chi connectivity index (χ4v) is 2.53. The molecule has 0 aliphatic rings. The highest BCUT2D eigenvalue weighted by Gasteiger charge is 2.13. The minimum absolute atomic E-state index is 0.262. The SMILES string of the molecule is CC#CCCOc1cccc(NC(=O)c2nc3cccnc3cc2C)c1. The number of anilines is 1. The smallest absolute Gasteiger partial charge is 0.274 e. The van der Waals surface area contributed by atoms with Crippen LogP contribution in [0.3, 0.4) is 0 Å². The molecule has 0 saturated carbocycles. The maximum atomic E-state index is 12.6. The van der Waals surface area contributed by atoms with E-state index in [0.717, 1.165) is 11.1 Å². The molecule has 0 radical (unpaired) electrons. The summed E-state index contributed by atoms with van der Waals surface area (Å²) < 4.78 is 5.64. The van der Waals surface area contributed by atoms with Crippen molar-refractivity contribution in [1.29, 1.82) is 0 Å². The first kappa shape index (κ1) is 17.4. The predicted octanol–water partition coefficient (Wildman–Crippen LogP) is 3.98. The Labute approximate surface area is 152 Å². The Kier molecular flexibility index (Phi) is 5.45. The Morgan fingerprint density at radius 1 is 1.19 bits per heavy atom. The summed E-state index contributed by atoms with van der Waals surface area (Å²) in [5, 5.41) is 2.88. The number of amides is 1. The number of hydrogen-bond donors (Lipinski definition) is 1. The van der Waals surface area contributed by atoms with E-state index in [0.29, 0.717) is 35.7 Å². The standard InChI is InChI=1S/C21H19N3O2/c1-3-4-5-12-26-17-9-6-8-16(14-17)23-21(25)20-15(2)13-19-18(24-20)10-7-11-22-19/h6-11,13-14H,5,12H2,1-2H3,(H,23,25). The van der Waals surface area contributed by atoms with Crippen LogP contribution in [0.15, 0.2) is 48.7 Å². The third-order valence-corrected chi connectivity index (χ3v) is 3.75. The molecule has 5 nitrogen and oxygen atoms in total. The number of aromatic nitrogens is 2. The number of rotatable bonds is 5. The van der Waals surface area contributed by atoms with Crippen LogP contribution in [0.5, 0.6) is 5.75 Å². The van der Waals surface area contributed by atoms with Crippen molar-refractivity contribution in [3.8, 4) is 17.6 Å². The minimum atomic E-state index is -0.262. The van der Waals surface area contributed by atoms with Gasteiger partial charge in [0.15, 0.2) is 0 Å². The summed E-state index contributed by atoms with van der Waals surface area (Å²) in [7, 11) is 0. The second-order valence-corrected chi connectivity index (χ2v) is 5.70. The second-order valence-electron chi connectivity index (χ2n) is 5.70. The molecule has 0 atom stereocenters. The Hall–Kier alpha value is -3.39. The van der Waals surface area contributed by atoms with Gasteiger partial charge in [0.1, 0.15) is 11.4 Å². The van der Waals surface area contributed by atoms with Gasteiger partial charge in [0.05, 0.1) is 17.6 Å². The first-order valence-electron chi connectivity index (χ1n) is 8.33. The van der Waals surface area contributed by atoms with Gasteiger partial charge in [-0.25, -0.2) is 4.98 Å². The number of benzene rings is 1. The molecule has 1 N–H and O–H groups in total. The summed E-state index contributed by atoms with van der Waals surface area (Å²) in [6.07, 6.45) is 2.38. The summed E-state index contributed by atoms with van der Waals surface area (Å²) in [5.74, 6) is 6.20. The Balaban J connectivity index is 1.75. The molecular formula is C21H19N3O2. The van der Waals surface area contributed by atoms with Gasteiger partial charge >= 0.3 is 0 Å². The monoisotopic (exact) mass is 345 g/mol. The molecular weight excluding hydrogens is 326 g/mol. The molecule has 130 valence electrons. The lowest BCUT2D eigenvalue weighted by molar-refractivity contribution is 0.102. The van der Waals surface area contributed by atoms with Gasteiger partial charge in [-0.1, -0.05) is 6.07 Å². The Morgan fingerprint density at radius 3 is 2.92 bits per heavy atom. The third-order valence-electron chi connectivity index (χ3n) is 3.75. The molecule has 1 amide bonds. The van der Waals surface area contributed by atoms with E-state index in [-0.39, 0.29) is 5.91 Å². The lowest BCUT2D eigenvalue weighted by Gasteiger charge is -2.10. The number of nitrogens with zero attached hydrogens (tertiary/aromatic N) is 2. The number of carbonyl (C=O) groups excluding carboxylic acids is 1. The molecule has 0 spiro atoms. The Morgan fingerprint density at radius 2 is 2.08 bits per heavy atom. The molecule has 26 heavy (non-hydrogen) atoms. The number of aryl methyl sites for hydroxylation is 1. The van der Waals surface area contributed by atoms with E-state index < -0.39 is 0 Å². The van der Waals surface area contributed by atoms with E-state index in [9.17, 15) is 4.79 Å². The predicted molar refractivity (Wildman–Crippen MR) is 102 cm³/mol. The van der Waals surface area contributed by atoms with Crippen LogP contribution in [-0.4, -0.2) is 22.5 Å². The van der Waals surface area contributed by atoms with Gasteiger partial charge in [0.2, 0.25) is 0 Å². The van der Waals surface area contributed by atoms with Gasteiger partial charge in [-0.2, -0.15) is 0 Å². The van der Waals surface area contributed by atoms with Gasteiger partial charge in [0.25, 0.3) is 5.91 Å². The van der Waals surface area contributed by atoms with Crippen LogP contribution < -0.4 is 10.1 Å². The summed E-state index contributed by atoms with van der Waals surface area (Å²) in [4.78, 5) is 21.3. The molecule has 3 aromatic rings. The highest BCUT2D eigenvalue weighted by molar-refractivity contribution is 6.05. The van der Waals surface area contributed by atoms with Crippen LogP contribution in [0.4, 0.5) is 5.69 Å². The average Bonchev–Trinajstić information content (AvgIpc) is 2.65. The first-order valence-corrected chi connectivity index (χ1v) is 8.33. The fraction of sp³-hybridized carbons (Fsp3) is 0.190. The van der Waals surface area contributed by atoms with Crippen LogP contribution in [0.25, 0.3) is 11.0 Å². The maximum Gasteiger partial charge on any atom is 0.274 e. The van der Waals surface area contributed by atoms with Crippen molar-refractivity contribution in [2.45, 2.75) is 20.3 Å². The molecule has 0 aliphatic carbocycles. The third kappa shape index (κ3) is 4.17. The van der Waals surface area contributed by atoms with E-state index in [1.807, 2.05) is 37.3 Å². The fourth-order valence-electron chi connectivity index (χ4n) is 2.53. The molecule has 0 bridgehead atoms. The molecule has 3 rings (SSSR count). The van der Waals surface area contributed by atoms with Gasteiger partial charge in [-0.15, -0.1) is 11.8 Å². The van der Waals surface area contributed by atoms with Crippen molar-refractivity contribution < 1.29 is 9.53 Å². The Bertz CT molecular complexity index is 1000. The first-order chi connectivity index (χ1) is 12.7. The molecule has 0 fully saturated rings. The normalized spacial score (nSPS) is 10.1. The largest absolute Gasteiger partial charge is 0.493 e. The van der Waals surface area contributed by atoms with E-state index >= 15 is 0 Å². The summed E-state index contributed by atoms with van der Waals surface area (Å²) in [6, 6.07) is 12.8. The molecule has 2 aromatic heterocycles. The quantitative estimate of drug-likeness (QED) is 0.561. The van der Waals surface area contributed by atoms with Crippen molar-refractivity contribution in [1.82, 2.24) is 9.97 Å². The van der Waals surface area contributed by atoms with Crippen LogP contribution >= 0.6 is 0 Å². The number of pyridine rings is 2. The van der Waals surface area contributed by atoms with E-state index in [2.05, 4.69) is 27.1 Å². The summed E-state index contributed by atoms with van der Waals surface area (Å²) >= 11 is 0. The zero-order valence-corrected chi connectivity index (χ0v) is 14.7. The number of hydrogen-bond acceptors (Lipinski definition) is 4. The van der Waals surface area contributed by atoms with Crippen LogP contribution in [-0.2, 0) is 0 Å². The average molecular weight is 345 g/mol. The highest BCUT2D eigenvalue weighted by Crippen LogP contribution is 2.20. The molecule has 2 heterocycles. The van der Waals surface area contributed by atoms with Gasteiger partial charge in [0, 0.05) is 24.4 Å². The topological polar surface area (TPSA) is 64.1 Å². The van der Waals surface area contributed by atoms with Gasteiger partial charge in [-0.3, -0.25) is 9.78 Å². The van der Waals surface area contributed by atoms with Crippen LogP contribution in [0, 0.1) is 18.8 Å². The number of ether oxygens (including phenoxy) is 1. The van der Waals surface area contributed by atoms with E-state index in [4.69, 9.17) is 4.74 Å². The summed E-state index contributed by atoms with van der Waals surface area (Å²) in [5.41, 5.74) is 3.28. The lowest BCUT2D eigenvalue weighted by Crippen LogP contribution is -2.15. The highest BCUT2D eigenvalue weighted by atomic mass is 16.5. The van der Waals surface area contributed by atoms with Crippen molar-refractivity contribution in [3.63, 3.8) is 0 Å². The zero-order valence-electron chi connectivity index (χ0n) is 14.7. The maximum absolute atomic E-state index is 12.6. The molecule has 1 aromatic carbocycles. The molecule has 0 unspecified atom stereocenters. The van der Waals surface area contributed by atoms with E-state index in [1.165, 1.54) is 0 Å². The lowest BCUT2D eigenvalue weighted by atomic mass is 10.1. The molecule has 0 saturated heterocycles. The number of carbonyl (C=O) groups is 1. The molecule has 0 aliphatic heterocycles. The van der Waals surface area contributed by atoms with Crippen LogP contribution in [0.1, 0.15) is 29.4 Å². The molecule has 5 heteroatoms. The van der Waals surface area contributed by atoms with E-state index in [1.54, 1.807) is 25.3 Å². The van der Waals surface area contributed by atoms with Crippen molar-refractivity contribution in [2.75, 3.05) is 11.9 Å². The minimum Gasteiger partial charge on any atom is -0.493 e. The van der Waals surface area contributed by atoms with Gasteiger partial charge < -0.3 is 10.1 Å². The zero-order chi connectivity index (χ0) is 18.4. The number of fused-ring (bicyclic) bond motifs is 1. The second kappa shape index (κ2) is 8.13. The van der Waals surface area contributed by atoms with Crippen molar-refractivity contribution in [3.05, 3.63) is 59.9 Å². The van der Waals surface area contributed by atoms with Crippen molar-refractivity contribution >= 4 is 22.6 Å².